The molecular weight excluding hydrogens is 262 g/mol. The summed E-state index contributed by atoms with van der Waals surface area (Å²) in [4.78, 5) is 17.9. The second kappa shape index (κ2) is 7.10. The standard InChI is InChI=1S/C17H29N3O/c1-14(2)15(18-3)12-19-16(13-21)20-10-8-17(9-11-20)6-4-5-7-17/h12-14,18H,4-11H2,1-3H3/b15-12-,19-16?. The molecule has 21 heavy (non-hydrogen) atoms. The van der Waals surface area contributed by atoms with Crippen LogP contribution in [0.3, 0.4) is 0 Å². The second-order valence-electron chi connectivity index (χ2n) is 6.79. The molecule has 0 aromatic rings. The van der Waals surface area contributed by atoms with Crippen molar-refractivity contribution in [1.82, 2.24) is 10.2 Å². The van der Waals surface area contributed by atoms with Crippen LogP contribution in [-0.4, -0.2) is 37.2 Å². The molecule has 0 unspecified atom stereocenters. The summed E-state index contributed by atoms with van der Waals surface area (Å²) in [6, 6.07) is 0. The third-order valence-corrected chi connectivity index (χ3v) is 5.16. The quantitative estimate of drug-likeness (QED) is 0.492. The molecule has 4 nitrogen and oxygen atoms in total. The molecule has 1 aliphatic carbocycles. The van der Waals surface area contributed by atoms with Gasteiger partial charge in [-0.15, -0.1) is 0 Å². The molecule has 2 fully saturated rings. The van der Waals surface area contributed by atoms with Crippen molar-refractivity contribution < 1.29 is 4.79 Å². The molecule has 118 valence electrons. The number of likely N-dealkylation sites (tertiary alicyclic amines) is 1. The van der Waals surface area contributed by atoms with Gasteiger partial charge in [0.2, 0.25) is 0 Å². The van der Waals surface area contributed by atoms with Crippen LogP contribution in [0.25, 0.3) is 0 Å². The van der Waals surface area contributed by atoms with Crippen molar-refractivity contribution in [3.63, 3.8) is 0 Å². The highest BCUT2D eigenvalue weighted by Gasteiger charge is 2.37. The zero-order valence-corrected chi connectivity index (χ0v) is 13.7. The van der Waals surface area contributed by atoms with Crippen molar-refractivity contribution in [1.29, 1.82) is 0 Å². The minimum atomic E-state index is 0.384. The van der Waals surface area contributed by atoms with Crippen LogP contribution in [0.5, 0.6) is 0 Å². The number of aliphatic imine (C=N–C) groups is 1. The van der Waals surface area contributed by atoms with Gasteiger partial charge in [0.25, 0.3) is 0 Å². The first-order valence-corrected chi connectivity index (χ1v) is 8.26. The summed E-state index contributed by atoms with van der Waals surface area (Å²) in [6.07, 6.45) is 10.7. The third kappa shape index (κ3) is 3.86. The van der Waals surface area contributed by atoms with Crippen LogP contribution in [0.2, 0.25) is 0 Å². The summed E-state index contributed by atoms with van der Waals surface area (Å²) in [5, 5.41) is 3.14. The summed E-state index contributed by atoms with van der Waals surface area (Å²) < 4.78 is 0. The maximum atomic E-state index is 11.4. The van der Waals surface area contributed by atoms with E-state index in [9.17, 15) is 4.79 Å². The van der Waals surface area contributed by atoms with Crippen LogP contribution < -0.4 is 5.32 Å². The van der Waals surface area contributed by atoms with Crippen molar-refractivity contribution in [3.05, 3.63) is 11.9 Å². The van der Waals surface area contributed by atoms with Gasteiger partial charge in [-0.2, -0.15) is 0 Å². The molecule has 0 amide bonds. The lowest BCUT2D eigenvalue weighted by atomic mass is 9.77. The molecule has 2 rings (SSSR count). The summed E-state index contributed by atoms with van der Waals surface area (Å²) in [5.74, 6) is 0.964. The van der Waals surface area contributed by atoms with E-state index in [-0.39, 0.29) is 0 Å². The number of allylic oxidation sites excluding steroid dienone is 1. The highest BCUT2D eigenvalue weighted by molar-refractivity contribution is 6.27. The monoisotopic (exact) mass is 291 g/mol. The first-order valence-electron chi connectivity index (χ1n) is 8.26. The van der Waals surface area contributed by atoms with Gasteiger partial charge in [0, 0.05) is 32.0 Å². The van der Waals surface area contributed by atoms with Gasteiger partial charge in [-0.3, -0.25) is 4.79 Å². The topological polar surface area (TPSA) is 44.7 Å². The predicted molar refractivity (Wildman–Crippen MR) is 87.2 cm³/mol. The first kappa shape index (κ1) is 16.1. The molecule has 0 radical (unpaired) electrons. The third-order valence-electron chi connectivity index (χ3n) is 5.16. The normalized spacial score (nSPS) is 23.0. The Balaban J connectivity index is 2.00. The molecule has 1 spiro atoms. The number of amidine groups is 1. The van der Waals surface area contributed by atoms with E-state index in [0.717, 1.165) is 25.1 Å². The fourth-order valence-corrected chi connectivity index (χ4v) is 3.66. The molecule has 0 bridgehead atoms. The number of rotatable bonds is 4. The maximum absolute atomic E-state index is 11.4. The number of nitrogens with zero attached hydrogens (tertiary/aromatic N) is 2. The Labute approximate surface area is 128 Å². The van der Waals surface area contributed by atoms with Gasteiger partial charge in [0.05, 0.1) is 0 Å². The highest BCUT2D eigenvalue weighted by Crippen LogP contribution is 2.46. The molecule has 1 N–H and O–H groups in total. The number of piperidine rings is 1. The summed E-state index contributed by atoms with van der Waals surface area (Å²) in [5.41, 5.74) is 1.63. The molecule has 4 heteroatoms. The number of aldehydes is 1. The molecule has 1 heterocycles. The minimum Gasteiger partial charge on any atom is -0.390 e. The highest BCUT2D eigenvalue weighted by atomic mass is 16.1. The zero-order chi connectivity index (χ0) is 15.3. The number of carbonyl (C=O) groups excluding carboxylic acids is 1. The van der Waals surface area contributed by atoms with Gasteiger partial charge < -0.3 is 10.2 Å². The van der Waals surface area contributed by atoms with Gasteiger partial charge in [-0.1, -0.05) is 26.7 Å². The van der Waals surface area contributed by atoms with E-state index in [4.69, 9.17) is 0 Å². The van der Waals surface area contributed by atoms with E-state index in [1.54, 1.807) is 6.20 Å². The van der Waals surface area contributed by atoms with Crippen molar-refractivity contribution in [2.24, 2.45) is 16.3 Å². The van der Waals surface area contributed by atoms with Crippen LogP contribution >= 0.6 is 0 Å². The largest absolute Gasteiger partial charge is 0.390 e. The van der Waals surface area contributed by atoms with Crippen LogP contribution in [0, 0.1) is 11.3 Å². The van der Waals surface area contributed by atoms with Gasteiger partial charge in [0.1, 0.15) is 0 Å². The fourth-order valence-electron chi connectivity index (χ4n) is 3.66. The number of hydrogen-bond donors (Lipinski definition) is 1. The molecule has 0 aromatic carbocycles. The number of nitrogens with one attached hydrogen (secondary N) is 1. The first-order chi connectivity index (χ1) is 10.1. The van der Waals surface area contributed by atoms with Crippen LogP contribution in [-0.2, 0) is 4.79 Å². The predicted octanol–water partition coefficient (Wildman–Crippen LogP) is 2.96. The molecule has 1 saturated carbocycles. The molecule has 1 saturated heterocycles. The van der Waals surface area contributed by atoms with E-state index < -0.39 is 0 Å². The lowest BCUT2D eigenvalue weighted by molar-refractivity contribution is -0.103. The van der Waals surface area contributed by atoms with E-state index in [2.05, 4.69) is 29.1 Å². The average molecular weight is 291 g/mol. The van der Waals surface area contributed by atoms with Crippen molar-refractivity contribution in [2.75, 3.05) is 20.1 Å². The SMILES string of the molecule is CN/C(=C\N=C(C=O)N1CCC2(CCCC2)CC1)C(C)C. The van der Waals surface area contributed by atoms with Crippen molar-refractivity contribution in [3.8, 4) is 0 Å². The second-order valence-corrected chi connectivity index (χ2v) is 6.79. The Morgan fingerprint density at radius 3 is 2.29 bits per heavy atom. The van der Waals surface area contributed by atoms with Crippen molar-refractivity contribution in [2.45, 2.75) is 52.4 Å². The Morgan fingerprint density at radius 2 is 1.81 bits per heavy atom. The Hall–Kier alpha value is -1.32. The number of carbonyl (C=O) groups is 1. The zero-order valence-electron chi connectivity index (χ0n) is 13.7. The van der Waals surface area contributed by atoms with E-state index in [1.807, 2.05) is 7.05 Å². The average Bonchev–Trinajstić information content (AvgIpc) is 2.93. The summed E-state index contributed by atoms with van der Waals surface area (Å²) in [6.45, 7) is 6.18. The lowest BCUT2D eigenvalue weighted by Crippen LogP contribution is -2.42. The van der Waals surface area contributed by atoms with Gasteiger partial charge >= 0.3 is 0 Å². The maximum Gasteiger partial charge on any atom is 0.185 e. The molecule has 1 aliphatic heterocycles. The van der Waals surface area contributed by atoms with Gasteiger partial charge in [0.15, 0.2) is 12.1 Å². The summed E-state index contributed by atoms with van der Waals surface area (Å²) >= 11 is 0. The van der Waals surface area contributed by atoms with Crippen LogP contribution in [0.15, 0.2) is 16.9 Å². The Bertz CT molecular complexity index is 410. The molecule has 0 aromatic heterocycles. The fraction of sp³-hybridized carbons (Fsp3) is 0.765. The molecule has 2 aliphatic rings. The summed E-state index contributed by atoms with van der Waals surface area (Å²) in [7, 11) is 1.90. The lowest BCUT2D eigenvalue weighted by Gasteiger charge is -2.39. The van der Waals surface area contributed by atoms with Gasteiger partial charge in [-0.25, -0.2) is 4.99 Å². The van der Waals surface area contributed by atoms with Crippen LogP contribution in [0.1, 0.15) is 52.4 Å². The van der Waals surface area contributed by atoms with Crippen LogP contribution in [0.4, 0.5) is 0 Å². The molecule has 0 atom stereocenters. The van der Waals surface area contributed by atoms with E-state index in [0.29, 0.717) is 17.2 Å². The van der Waals surface area contributed by atoms with E-state index >= 15 is 0 Å². The smallest absolute Gasteiger partial charge is 0.185 e. The Kier molecular flexibility index (Phi) is 5.43. The Morgan fingerprint density at radius 1 is 1.19 bits per heavy atom. The van der Waals surface area contributed by atoms with Gasteiger partial charge in [-0.05, 0) is 37.0 Å². The van der Waals surface area contributed by atoms with Crippen molar-refractivity contribution >= 4 is 12.1 Å². The number of hydrogen-bond acceptors (Lipinski definition) is 3. The molecular formula is C17H29N3O. The van der Waals surface area contributed by atoms with E-state index in [1.165, 1.54) is 38.5 Å². The minimum absolute atomic E-state index is 0.384.